The number of benzene rings is 2. The summed E-state index contributed by atoms with van der Waals surface area (Å²) in [6, 6.07) is 11.1. The highest BCUT2D eigenvalue weighted by atomic mass is 16.5. The molecule has 0 saturated heterocycles. The number of amides is 1. The Kier molecular flexibility index (Phi) is 4.68. The van der Waals surface area contributed by atoms with Gasteiger partial charge in [0, 0.05) is 13.1 Å². The van der Waals surface area contributed by atoms with Crippen molar-refractivity contribution in [2.75, 3.05) is 13.1 Å². The first-order chi connectivity index (χ1) is 10.1. The van der Waals surface area contributed by atoms with Crippen LogP contribution in [0.5, 0.6) is 11.5 Å². The number of hydrogen-bond donors (Lipinski definition) is 1. The standard InChI is InChI=1S/C17H21NO3/c1-4-18(5-2)17(20)12(3)21-16-11-14-9-7-6-8-13(14)10-15(16)19/h6-12,19H,4-5H2,1-3H3. The van der Waals surface area contributed by atoms with Crippen LogP contribution in [-0.4, -0.2) is 35.1 Å². The van der Waals surface area contributed by atoms with Crippen LogP contribution < -0.4 is 4.74 Å². The van der Waals surface area contributed by atoms with Crippen molar-refractivity contribution in [2.24, 2.45) is 0 Å². The van der Waals surface area contributed by atoms with Gasteiger partial charge in [-0.1, -0.05) is 24.3 Å². The summed E-state index contributed by atoms with van der Waals surface area (Å²) >= 11 is 0. The second-order valence-electron chi connectivity index (χ2n) is 4.94. The van der Waals surface area contributed by atoms with Crippen molar-refractivity contribution >= 4 is 16.7 Å². The minimum absolute atomic E-state index is 0.0490. The lowest BCUT2D eigenvalue weighted by atomic mass is 10.1. The van der Waals surface area contributed by atoms with Crippen molar-refractivity contribution in [2.45, 2.75) is 26.9 Å². The Bertz CT molecular complexity index is 635. The molecule has 0 heterocycles. The maximum atomic E-state index is 12.2. The maximum absolute atomic E-state index is 12.2. The van der Waals surface area contributed by atoms with E-state index < -0.39 is 6.10 Å². The van der Waals surface area contributed by atoms with E-state index in [1.807, 2.05) is 38.1 Å². The lowest BCUT2D eigenvalue weighted by Gasteiger charge is -2.23. The number of hydrogen-bond acceptors (Lipinski definition) is 3. The second kappa shape index (κ2) is 6.48. The third-order valence-corrected chi connectivity index (χ3v) is 3.55. The van der Waals surface area contributed by atoms with Gasteiger partial charge >= 0.3 is 0 Å². The number of carbonyl (C=O) groups is 1. The number of fused-ring (bicyclic) bond motifs is 1. The molecule has 1 amide bonds. The predicted molar refractivity (Wildman–Crippen MR) is 83.6 cm³/mol. The van der Waals surface area contributed by atoms with Gasteiger partial charge in [-0.15, -0.1) is 0 Å². The third kappa shape index (κ3) is 3.27. The monoisotopic (exact) mass is 287 g/mol. The lowest BCUT2D eigenvalue weighted by molar-refractivity contribution is -0.137. The Labute approximate surface area is 124 Å². The molecule has 2 aromatic carbocycles. The SMILES string of the molecule is CCN(CC)C(=O)C(C)Oc1cc2ccccc2cc1O. The molecule has 21 heavy (non-hydrogen) atoms. The van der Waals surface area contributed by atoms with Crippen LogP contribution in [0.4, 0.5) is 0 Å². The third-order valence-electron chi connectivity index (χ3n) is 3.55. The molecule has 0 aliphatic rings. The zero-order valence-electron chi connectivity index (χ0n) is 12.7. The summed E-state index contributed by atoms with van der Waals surface area (Å²) in [4.78, 5) is 13.9. The molecular formula is C17H21NO3. The number of phenolic OH excluding ortho intramolecular Hbond substituents is 1. The van der Waals surface area contributed by atoms with Crippen molar-refractivity contribution in [1.29, 1.82) is 0 Å². The number of carbonyl (C=O) groups excluding carboxylic acids is 1. The highest BCUT2D eigenvalue weighted by Crippen LogP contribution is 2.32. The first-order valence-electron chi connectivity index (χ1n) is 7.24. The number of nitrogens with zero attached hydrogens (tertiary/aromatic N) is 1. The molecule has 0 radical (unpaired) electrons. The van der Waals surface area contributed by atoms with E-state index in [-0.39, 0.29) is 11.7 Å². The summed E-state index contributed by atoms with van der Waals surface area (Å²) in [5, 5.41) is 11.9. The number of phenols is 1. The first kappa shape index (κ1) is 15.2. The van der Waals surface area contributed by atoms with Gasteiger partial charge in [-0.2, -0.15) is 0 Å². The van der Waals surface area contributed by atoms with Crippen molar-refractivity contribution in [3.05, 3.63) is 36.4 Å². The van der Waals surface area contributed by atoms with Gasteiger partial charge in [-0.05, 0) is 43.7 Å². The van der Waals surface area contributed by atoms with E-state index in [1.54, 1.807) is 24.0 Å². The van der Waals surface area contributed by atoms with Crippen LogP contribution in [0, 0.1) is 0 Å². The van der Waals surface area contributed by atoms with Crippen molar-refractivity contribution in [3.8, 4) is 11.5 Å². The van der Waals surface area contributed by atoms with E-state index in [2.05, 4.69) is 0 Å². The zero-order valence-corrected chi connectivity index (χ0v) is 12.7. The van der Waals surface area contributed by atoms with E-state index in [4.69, 9.17) is 4.74 Å². The van der Waals surface area contributed by atoms with Crippen LogP contribution in [0.1, 0.15) is 20.8 Å². The Morgan fingerprint density at radius 2 is 1.76 bits per heavy atom. The molecule has 0 spiro atoms. The number of ether oxygens (including phenoxy) is 1. The summed E-state index contributed by atoms with van der Waals surface area (Å²) in [6.45, 7) is 6.86. The summed E-state index contributed by atoms with van der Waals surface area (Å²) in [6.07, 6.45) is -0.628. The maximum Gasteiger partial charge on any atom is 0.263 e. The van der Waals surface area contributed by atoms with Gasteiger partial charge in [0.2, 0.25) is 0 Å². The second-order valence-corrected chi connectivity index (χ2v) is 4.94. The minimum Gasteiger partial charge on any atom is -0.504 e. The summed E-state index contributed by atoms with van der Waals surface area (Å²) < 4.78 is 5.66. The van der Waals surface area contributed by atoms with Gasteiger partial charge in [0.05, 0.1) is 0 Å². The fourth-order valence-electron chi connectivity index (χ4n) is 2.34. The average Bonchev–Trinajstić information content (AvgIpc) is 2.49. The molecule has 112 valence electrons. The van der Waals surface area contributed by atoms with E-state index >= 15 is 0 Å². The molecule has 0 saturated carbocycles. The number of likely N-dealkylation sites (N-methyl/N-ethyl adjacent to an activating group) is 1. The van der Waals surface area contributed by atoms with Crippen LogP contribution in [0.15, 0.2) is 36.4 Å². The van der Waals surface area contributed by atoms with Crippen molar-refractivity contribution < 1.29 is 14.6 Å². The number of rotatable bonds is 5. The van der Waals surface area contributed by atoms with Gasteiger partial charge in [0.15, 0.2) is 17.6 Å². The first-order valence-corrected chi connectivity index (χ1v) is 7.24. The Balaban J connectivity index is 2.22. The molecule has 0 fully saturated rings. The highest BCUT2D eigenvalue weighted by Gasteiger charge is 2.21. The number of aromatic hydroxyl groups is 1. The zero-order chi connectivity index (χ0) is 15.4. The van der Waals surface area contributed by atoms with Gasteiger partial charge in [0.1, 0.15) is 0 Å². The quantitative estimate of drug-likeness (QED) is 0.919. The smallest absolute Gasteiger partial charge is 0.263 e. The lowest BCUT2D eigenvalue weighted by Crippen LogP contribution is -2.40. The fourth-order valence-corrected chi connectivity index (χ4v) is 2.34. The molecular weight excluding hydrogens is 266 g/mol. The van der Waals surface area contributed by atoms with E-state index in [9.17, 15) is 9.90 Å². The summed E-state index contributed by atoms with van der Waals surface area (Å²) in [5.74, 6) is 0.308. The van der Waals surface area contributed by atoms with E-state index in [0.717, 1.165) is 10.8 Å². The van der Waals surface area contributed by atoms with Crippen LogP contribution in [-0.2, 0) is 4.79 Å². The molecule has 0 aliphatic carbocycles. The molecule has 0 bridgehead atoms. The Morgan fingerprint density at radius 1 is 1.19 bits per heavy atom. The Morgan fingerprint density at radius 3 is 2.33 bits per heavy atom. The van der Waals surface area contributed by atoms with Gasteiger partial charge in [-0.3, -0.25) is 4.79 Å². The molecule has 4 heteroatoms. The van der Waals surface area contributed by atoms with Crippen molar-refractivity contribution in [1.82, 2.24) is 4.90 Å². The van der Waals surface area contributed by atoms with Crippen LogP contribution in [0.25, 0.3) is 10.8 Å². The highest BCUT2D eigenvalue weighted by molar-refractivity contribution is 5.86. The van der Waals surface area contributed by atoms with Crippen LogP contribution in [0.3, 0.4) is 0 Å². The Hall–Kier alpha value is -2.23. The van der Waals surface area contributed by atoms with E-state index in [1.165, 1.54) is 0 Å². The van der Waals surface area contributed by atoms with Crippen LogP contribution in [0.2, 0.25) is 0 Å². The van der Waals surface area contributed by atoms with Gasteiger partial charge in [0.25, 0.3) is 5.91 Å². The van der Waals surface area contributed by atoms with E-state index in [0.29, 0.717) is 18.8 Å². The normalized spacial score (nSPS) is 12.1. The summed E-state index contributed by atoms with van der Waals surface area (Å²) in [7, 11) is 0. The van der Waals surface area contributed by atoms with Crippen molar-refractivity contribution in [3.63, 3.8) is 0 Å². The molecule has 1 unspecified atom stereocenters. The van der Waals surface area contributed by atoms with Crippen LogP contribution >= 0.6 is 0 Å². The van der Waals surface area contributed by atoms with Gasteiger partial charge in [-0.25, -0.2) is 0 Å². The minimum atomic E-state index is -0.628. The topological polar surface area (TPSA) is 49.8 Å². The molecule has 4 nitrogen and oxygen atoms in total. The molecule has 2 aromatic rings. The molecule has 1 N–H and O–H groups in total. The van der Waals surface area contributed by atoms with Gasteiger partial charge < -0.3 is 14.7 Å². The molecule has 1 atom stereocenters. The average molecular weight is 287 g/mol. The molecule has 0 aliphatic heterocycles. The fraction of sp³-hybridized carbons (Fsp3) is 0.353. The predicted octanol–water partition coefficient (Wildman–Crippen LogP) is 3.18. The molecule has 2 rings (SSSR count). The summed E-state index contributed by atoms with van der Waals surface area (Å²) in [5.41, 5.74) is 0. The molecule has 0 aromatic heterocycles. The largest absolute Gasteiger partial charge is 0.504 e.